The van der Waals surface area contributed by atoms with Crippen molar-refractivity contribution in [2.24, 2.45) is 11.7 Å². The number of nitrogens with zero attached hydrogens (tertiary/aromatic N) is 1. The van der Waals surface area contributed by atoms with Crippen molar-refractivity contribution in [3.8, 4) is 0 Å². The van der Waals surface area contributed by atoms with E-state index in [9.17, 15) is 13.6 Å². The van der Waals surface area contributed by atoms with Gasteiger partial charge in [-0.15, -0.1) is 0 Å². The lowest BCUT2D eigenvalue weighted by atomic mass is 9.91. The maximum absolute atomic E-state index is 13.1. The molecule has 1 aromatic rings. The summed E-state index contributed by atoms with van der Waals surface area (Å²) >= 11 is 0. The predicted molar refractivity (Wildman–Crippen MR) is 77.8 cm³/mol. The molecule has 0 saturated carbocycles. The van der Waals surface area contributed by atoms with E-state index in [-0.39, 0.29) is 24.2 Å². The highest BCUT2D eigenvalue weighted by Gasteiger charge is 2.23. The molecule has 4 nitrogen and oxygen atoms in total. The van der Waals surface area contributed by atoms with E-state index in [4.69, 9.17) is 5.73 Å². The van der Waals surface area contributed by atoms with Gasteiger partial charge in [-0.25, -0.2) is 8.78 Å². The summed E-state index contributed by atoms with van der Waals surface area (Å²) in [6.07, 6.45) is 1.96. The van der Waals surface area contributed by atoms with Gasteiger partial charge in [0.2, 0.25) is 5.91 Å². The Kier molecular flexibility index (Phi) is 5.25. The summed E-state index contributed by atoms with van der Waals surface area (Å²) in [7, 11) is 0. The molecule has 1 atom stereocenters. The van der Waals surface area contributed by atoms with Crippen LogP contribution < -0.4 is 11.1 Å². The number of nitrogens with two attached hydrogens (primary N) is 1. The van der Waals surface area contributed by atoms with Gasteiger partial charge in [0.25, 0.3) is 0 Å². The average molecular weight is 297 g/mol. The van der Waals surface area contributed by atoms with Crippen LogP contribution in [0.25, 0.3) is 0 Å². The first-order valence-corrected chi connectivity index (χ1v) is 7.18. The number of rotatable bonds is 4. The fourth-order valence-electron chi connectivity index (χ4n) is 2.61. The van der Waals surface area contributed by atoms with E-state index >= 15 is 0 Å². The SMILES string of the molecule is CC(N)C1CCN(CC(=O)Nc2ccc(F)c(F)c2)CC1. The third kappa shape index (κ3) is 4.47. The van der Waals surface area contributed by atoms with E-state index in [1.165, 1.54) is 6.07 Å². The molecule has 1 aliphatic heterocycles. The molecule has 1 unspecified atom stereocenters. The molecule has 1 amide bonds. The van der Waals surface area contributed by atoms with E-state index in [1.807, 2.05) is 11.8 Å². The van der Waals surface area contributed by atoms with Gasteiger partial charge < -0.3 is 11.1 Å². The van der Waals surface area contributed by atoms with Crippen LogP contribution in [-0.4, -0.2) is 36.5 Å². The standard InChI is InChI=1S/C15H21F2N3O/c1-10(18)11-4-6-20(7-5-11)9-15(21)19-12-2-3-13(16)14(17)8-12/h2-3,8,10-11H,4-7,9,18H2,1H3,(H,19,21). The van der Waals surface area contributed by atoms with Crippen molar-refractivity contribution in [3.63, 3.8) is 0 Å². The lowest BCUT2D eigenvalue weighted by Crippen LogP contribution is -2.42. The summed E-state index contributed by atoms with van der Waals surface area (Å²) in [6.45, 7) is 3.93. The lowest BCUT2D eigenvalue weighted by molar-refractivity contribution is -0.117. The van der Waals surface area contributed by atoms with Crippen molar-refractivity contribution in [2.45, 2.75) is 25.8 Å². The number of halogens is 2. The highest BCUT2D eigenvalue weighted by atomic mass is 19.2. The second kappa shape index (κ2) is 6.95. The molecule has 0 spiro atoms. The van der Waals surface area contributed by atoms with Crippen LogP contribution >= 0.6 is 0 Å². The number of hydrogen-bond donors (Lipinski definition) is 2. The smallest absolute Gasteiger partial charge is 0.238 e. The third-order valence-electron chi connectivity index (χ3n) is 3.95. The second-order valence-electron chi connectivity index (χ2n) is 5.65. The Hall–Kier alpha value is -1.53. The van der Waals surface area contributed by atoms with Gasteiger partial charge in [-0.3, -0.25) is 9.69 Å². The minimum Gasteiger partial charge on any atom is -0.328 e. The van der Waals surface area contributed by atoms with Gasteiger partial charge in [-0.2, -0.15) is 0 Å². The fourth-order valence-corrected chi connectivity index (χ4v) is 2.61. The Morgan fingerprint density at radius 1 is 1.38 bits per heavy atom. The van der Waals surface area contributed by atoms with Crippen molar-refractivity contribution in [1.82, 2.24) is 4.90 Å². The summed E-state index contributed by atoms with van der Waals surface area (Å²) in [5, 5.41) is 2.58. The maximum Gasteiger partial charge on any atom is 0.238 e. The largest absolute Gasteiger partial charge is 0.328 e. The van der Waals surface area contributed by atoms with Crippen molar-refractivity contribution in [2.75, 3.05) is 25.0 Å². The summed E-state index contributed by atoms with van der Waals surface area (Å²) in [5.74, 6) is -1.60. The molecule has 6 heteroatoms. The summed E-state index contributed by atoms with van der Waals surface area (Å²) in [5.41, 5.74) is 6.15. The monoisotopic (exact) mass is 297 g/mol. The van der Waals surface area contributed by atoms with Gasteiger partial charge in [0.1, 0.15) is 0 Å². The van der Waals surface area contributed by atoms with Crippen LogP contribution in [0.5, 0.6) is 0 Å². The summed E-state index contributed by atoms with van der Waals surface area (Å²) in [6, 6.07) is 3.51. The number of carbonyl (C=O) groups excluding carboxylic acids is 1. The number of hydrogen-bond acceptors (Lipinski definition) is 3. The van der Waals surface area contributed by atoms with Crippen LogP contribution in [0.3, 0.4) is 0 Å². The zero-order valence-corrected chi connectivity index (χ0v) is 12.1. The molecule has 116 valence electrons. The molecule has 1 aliphatic rings. The van der Waals surface area contributed by atoms with E-state index in [2.05, 4.69) is 5.32 Å². The normalized spacial score (nSPS) is 18.5. The minimum atomic E-state index is -0.967. The van der Waals surface area contributed by atoms with Crippen molar-refractivity contribution < 1.29 is 13.6 Å². The number of likely N-dealkylation sites (tertiary alicyclic amines) is 1. The number of carbonyl (C=O) groups is 1. The minimum absolute atomic E-state index is 0.183. The van der Waals surface area contributed by atoms with Gasteiger partial charge in [0, 0.05) is 17.8 Å². The zero-order chi connectivity index (χ0) is 15.4. The Morgan fingerprint density at radius 2 is 2.05 bits per heavy atom. The number of anilines is 1. The molecule has 0 aliphatic carbocycles. The lowest BCUT2D eigenvalue weighted by Gasteiger charge is -2.33. The first kappa shape index (κ1) is 15.9. The van der Waals surface area contributed by atoms with Crippen molar-refractivity contribution in [1.29, 1.82) is 0 Å². The maximum atomic E-state index is 13.1. The number of amides is 1. The van der Waals surface area contributed by atoms with E-state index < -0.39 is 11.6 Å². The molecule has 1 fully saturated rings. The average Bonchev–Trinajstić information content (AvgIpc) is 2.43. The van der Waals surface area contributed by atoms with Crippen LogP contribution in [0.2, 0.25) is 0 Å². The number of benzene rings is 1. The summed E-state index contributed by atoms with van der Waals surface area (Å²) in [4.78, 5) is 13.9. The van der Waals surface area contributed by atoms with Gasteiger partial charge in [0.15, 0.2) is 11.6 Å². The molecule has 2 rings (SSSR count). The van der Waals surface area contributed by atoms with E-state index in [1.54, 1.807) is 0 Å². The Bertz CT molecular complexity index is 500. The van der Waals surface area contributed by atoms with Crippen molar-refractivity contribution >= 4 is 11.6 Å². The van der Waals surface area contributed by atoms with Gasteiger partial charge in [-0.1, -0.05) is 0 Å². The van der Waals surface area contributed by atoms with Crippen molar-refractivity contribution in [3.05, 3.63) is 29.8 Å². The van der Waals surface area contributed by atoms with Crippen LogP contribution in [0.1, 0.15) is 19.8 Å². The predicted octanol–water partition coefficient (Wildman–Crippen LogP) is 1.96. The van der Waals surface area contributed by atoms with Crippen LogP contribution in [0, 0.1) is 17.6 Å². The molecular formula is C15H21F2N3O. The molecule has 0 bridgehead atoms. The van der Waals surface area contributed by atoms with E-state index in [0.29, 0.717) is 5.92 Å². The van der Waals surface area contributed by atoms with Crippen LogP contribution in [-0.2, 0) is 4.79 Å². The van der Waals surface area contributed by atoms with Gasteiger partial charge >= 0.3 is 0 Å². The highest BCUT2D eigenvalue weighted by molar-refractivity contribution is 5.92. The number of nitrogens with one attached hydrogen (secondary N) is 1. The number of piperidine rings is 1. The molecule has 21 heavy (non-hydrogen) atoms. The van der Waals surface area contributed by atoms with Crippen LogP contribution in [0.4, 0.5) is 14.5 Å². The molecule has 3 N–H and O–H groups in total. The molecule has 1 aromatic carbocycles. The quantitative estimate of drug-likeness (QED) is 0.893. The first-order valence-electron chi connectivity index (χ1n) is 7.18. The Morgan fingerprint density at radius 3 is 2.62 bits per heavy atom. The van der Waals surface area contributed by atoms with E-state index in [0.717, 1.165) is 38.1 Å². The van der Waals surface area contributed by atoms with Crippen LogP contribution in [0.15, 0.2) is 18.2 Å². The Labute approximate surface area is 123 Å². The fraction of sp³-hybridized carbons (Fsp3) is 0.533. The molecule has 1 heterocycles. The summed E-state index contributed by atoms with van der Waals surface area (Å²) < 4.78 is 25.9. The molecule has 0 radical (unpaired) electrons. The highest BCUT2D eigenvalue weighted by Crippen LogP contribution is 2.19. The molecule has 0 aromatic heterocycles. The molecular weight excluding hydrogens is 276 g/mol. The Balaban J connectivity index is 1.81. The zero-order valence-electron chi connectivity index (χ0n) is 12.1. The van der Waals surface area contributed by atoms with Gasteiger partial charge in [0.05, 0.1) is 6.54 Å². The molecule has 1 saturated heterocycles. The third-order valence-corrected chi connectivity index (χ3v) is 3.95. The first-order chi connectivity index (χ1) is 9.95. The second-order valence-corrected chi connectivity index (χ2v) is 5.65. The van der Waals surface area contributed by atoms with Gasteiger partial charge in [-0.05, 0) is 50.9 Å². The topological polar surface area (TPSA) is 58.4 Å².